The molecule has 25 heavy (non-hydrogen) atoms. The molecule has 5 nitrogen and oxygen atoms in total. The summed E-state index contributed by atoms with van der Waals surface area (Å²) in [4.78, 5) is 4.39. The molecule has 0 amide bonds. The van der Waals surface area contributed by atoms with Gasteiger partial charge in [-0.05, 0) is 48.2 Å². The minimum atomic E-state index is -0.663. The first-order valence-electron chi connectivity index (χ1n) is 8.63. The van der Waals surface area contributed by atoms with Crippen molar-refractivity contribution in [1.29, 1.82) is 0 Å². The zero-order chi connectivity index (χ0) is 17.1. The van der Waals surface area contributed by atoms with Gasteiger partial charge in [-0.2, -0.15) is 5.10 Å². The Morgan fingerprint density at radius 2 is 2.00 bits per heavy atom. The molecule has 0 spiro atoms. The molecule has 2 heterocycles. The van der Waals surface area contributed by atoms with E-state index in [2.05, 4.69) is 21.2 Å². The molecular weight excluding hydrogens is 314 g/mol. The number of pyridine rings is 1. The second kappa shape index (κ2) is 6.69. The van der Waals surface area contributed by atoms with Crippen molar-refractivity contribution in [3.8, 4) is 17.1 Å². The van der Waals surface area contributed by atoms with Gasteiger partial charge in [-0.15, -0.1) is 0 Å². The van der Waals surface area contributed by atoms with Gasteiger partial charge in [0.15, 0.2) is 0 Å². The maximum Gasteiger partial charge on any atom is 0.138 e. The van der Waals surface area contributed by atoms with Gasteiger partial charge in [0.2, 0.25) is 0 Å². The molecule has 1 aliphatic carbocycles. The first-order chi connectivity index (χ1) is 12.2. The van der Waals surface area contributed by atoms with Crippen LogP contribution in [0.25, 0.3) is 11.4 Å². The summed E-state index contributed by atoms with van der Waals surface area (Å²) in [7, 11) is 0. The van der Waals surface area contributed by atoms with E-state index in [-0.39, 0.29) is 0 Å². The van der Waals surface area contributed by atoms with Gasteiger partial charge in [0, 0.05) is 6.20 Å². The van der Waals surface area contributed by atoms with Crippen LogP contribution >= 0.6 is 0 Å². The number of aromatic nitrogens is 3. The van der Waals surface area contributed by atoms with E-state index in [1.807, 2.05) is 36.4 Å². The van der Waals surface area contributed by atoms with Crippen molar-refractivity contribution in [2.75, 3.05) is 0 Å². The Morgan fingerprint density at radius 1 is 1.12 bits per heavy atom. The second-order valence-electron chi connectivity index (χ2n) is 6.58. The van der Waals surface area contributed by atoms with E-state index in [1.165, 1.54) is 0 Å². The molecule has 0 radical (unpaired) electrons. The van der Waals surface area contributed by atoms with Crippen molar-refractivity contribution in [2.45, 2.75) is 37.9 Å². The zero-order valence-corrected chi connectivity index (χ0v) is 14.0. The molecule has 1 aliphatic rings. The maximum atomic E-state index is 10.7. The Labute approximate surface area is 146 Å². The highest BCUT2D eigenvalue weighted by molar-refractivity contribution is 5.53. The summed E-state index contributed by atoms with van der Waals surface area (Å²) < 4.78 is 5.85. The van der Waals surface area contributed by atoms with Gasteiger partial charge in [0.05, 0.1) is 23.2 Å². The number of hydrogen-bond acceptors (Lipinski definition) is 4. The quantitative estimate of drug-likeness (QED) is 0.744. The van der Waals surface area contributed by atoms with Crippen LogP contribution < -0.4 is 4.74 Å². The van der Waals surface area contributed by atoms with E-state index >= 15 is 0 Å². The fraction of sp³-hybridized carbons (Fsp3) is 0.300. The van der Waals surface area contributed by atoms with E-state index < -0.39 is 5.60 Å². The van der Waals surface area contributed by atoms with Crippen LogP contribution in [0.5, 0.6) is 5.75 Å². The molecule has 0 unspecified atom stereocenters. The molecule has 2 aromatic heterocycles. The molecule has 2 N–H and O–H groups in total. The minimum absolute atomic E-state index is 0.453. The summed E-state index contributed by atoms with van der Waals surface area (Å²) in [5, 5.41) is 17.6. The molecular formula is C20H21N3O2. The van der Waals surface area contributed by atoms with E-state index in [1.54, 1.807) is 12.4 Å². The highest BCUT2D eigenvalue weighted by Gasteiger charge is 2.32. The van der Waals surface area contributed by atoms with E-state index in [9.17, 15) is 5.11 Å². The third-order valence-electron chi connectivity index (χ3n) is 4.81. The Kier molecular flexibility index (Phi) is 4.24. The van der Waals surface area contributed by atoms with Gasteiger partial charge in [0.1, 0.15) is 12.4 Å². The van der Waals surface area contributed by atoms with Gasteiger partial charge in [-0.1, -0.05) is 31.0 Å². The Morgan fingerprint density at radius 3 is 2.72 bits per heavy atom. The van der Waals surface area contributed by atoms with Gasteiger partial charge in [-0.3, -0.25) is 10.1 Å². The van der Waals surface area contributed by atoms with Crippen molar-refractivity contribution in [3.05, 3.63) is 66.0 Å². The lowest BCUT2D eigenvalue weighted by molar-refractivity contribution is 0.0443. The normalized spacial score (nSPS) is 16.0. The largest absolute Gasteiger partial charge is 0.487 e. The highest BCUT2D eigenvalue weighted by atomic mass is 16.5. The summed E-state index contributed by atoms with van der Waals surface area (Å²) in [6.45, 7) is 0.453. The Hall–Kier alpha value is -2.66. The molecule has 0 aliphatic heterocycles. The number of rotatable bonds is 5. The Balaban J connectivity index is 1.43. The molecule has 0 bridgehead atoms. The van der Waals surface area contributed by atoms with Crippen molar-refractivity contribution in [1.82, 2.24) is 15.2 Å². The molecule has 0 atom stereocenters. The average Bonchev–Trinajstić information content (AvgIpc) is 3.33. The Bertz CT molecular complexity index is 822. The summed E-state index contributed by atoms with van der Waals surface area (Å²) >= 11 is 0. The molecule has 4 rings (SSSR count). The number of aliphatic hydroxyl groups is 1. The van der Waals surface area contributed by atoms with Crippen LogP contribution in [0.2, 0.25) is 0 Å². The molecule has 1 saturated carbocycles. The third kappa shape index (κ3) is 3.42. The van der Waals surface area contributed by atoms with E-state index in [0.717, 1.165) is 48.2 Å². The number of nitrogens with one attached hydrogen (secondary N) is 1. The number of benzene rings is 1. The van der Waals surface area contributed by atoms with Crippen molar-refractivity contribution >= 4 is 0 Å². The first-order valence-corrected chi connectivity index (χ1v) is 8.63. The summed E-state index contributed by atoms with van der Waals surface area (Å²) in [6.07, 6.45) is 7.28. The van der Waals surface area contributed by atoms with Crippen LogP contribution in [-0.4, -0.2) is 20.3 Å². The van der Waals surface area contributed by atoms with Crippen molar-refractivity contribution < 1.29 is 9.84 Å². The highest BCUT2D eigenvalue weighted by Crippen LogP contribution is 2.38. The summed E-state index contributed by atoms with van der Waals surface area (Å²) in [5.41, 5.74) is 3.09. The topological polar surface area (TPSA) is 71.0 Å². The number of H-pyrrole nitrogens is 1. The van der Waals surface area contributed by atoms with Crippen molar-refractivity contribution in [3.63, 3.8) is 0 Å². The predicted octanol–water partition coefficient (Wildman–Crippen LogP) is 3.81. The number of nitrogens with zero attached hydrogens (tertiary/aromatic N) is 2. The minimum Gasteiger partial charge on any atom is -0.487 e. The lowest BCUT2D eigenvalue weighted by Crippen LogP contribution is -2.21. The lowest BCUT2D eigenvalue weighted by Gasteiger charge is -2.23. The molecule has 0 saturated heterocycles. The average molecular weight is 335 g/mol. The summed E-state index contributed by atoms with van der Waals surface area (Å²) in [6, 6.07) is 13.8. The van der Waals surface area contributed by atoms with E-state index in [4.69, 9.17) is 4.74 Å². The fourth-order valence-corrected chi connectivity index (χ4v) is 3.39. The van der Waals surface area contributed by atoms with Crippen molar-refractivity contribution in [2.24, 2.45) is 0 Å². The molecule has 1 fully saturated rings. The lowest BCUT2D eigenvalue weighted by atomic mass is 9.91. The van der Waals surface area contributed by atoms with Crippen LogP contribution in [-0.2, 0) is 12.2 Å². The summed E-state index contributed by atoms with van der Waals surface area (Å²) in [5.74, 6) is 0.716. The van der Waals surface area contributed by atoms with Crippen LogP contribution in [0.3, 0.4) is 0 Å². The molecule has 1 aromatic carbocycles. The number of ether oxygens (including phenoxy) is 1. The standard InChI is InChI=1S/C20H21N3O2/c24-20(9-1-2-10-20)16-5-3-4-15(12-16)14-25-17-6-7-18(21-13-17)19-8-11-22-23-19/h3-8,11-13,24H,1-2,9-10,14H2,(H,22,23). The zero-order valence-electron chi connectivity index (χ0n) is 14.0. The van der Waals surface area contributed by atoms with Crippen LogP contribution in [0.15, 0.2) is 54.9 Å². The molecule has 128 valence electrons. The fourth-order valence-electron chi connectivity index (χ4n) is 3.39. The molecule has 3 aromatic rings. The van der Waals surface area contributed by atoms with Gasteiger partial charge in [0.25, 0.3) is 0 Å². The van der Waals surface area contributed by atoms with Gasteiger partial charge < -0.3 is 9.84 Å². The van der Waals surface area contributed by atoms with Gasteiger partial charge >= 0.3 is 0 Å². The monoisotopic (exact) mass is 335 g/mol. The van der Waals surface area contributed by atoms with Crippen LogP contribution in [0.4, 0.5) is 0 Å². The predicted molar refractivity (Wildman–Crippen MR) is 95.0 cm³/mol. The second-order valence-corrected chi connectivity index (χ2v) is 6.58. The van der Waals surface area contributed by atoms with Gasteiger partial charge in [-0.25, -0.2) is 0 Å². The third-order valence-corrected chi connectivity index (χ3v) is 4.81. The van der Waals surface area contributed by atoms with E-state index in [0.29, 0.717) is 12.4 Å². The number of aromatic amines is 1. The van der Waals surface area contributed by atoms with Crippen LogP contribution in [0.1, 0.15) is 36.8 Å². The first kappa shape index (κ1) is 15.8. The number of hydrogen-bond donors (Lipinski definition) is 2. The SMILES string of the molecule is OC1(c2cccc(COc3ccc(-c4ccn[nH]4)nc3)c2)CCCC1. The maximum absolute atomic E-state index is 10.7. The smallest absolute Gasteiger partial charge is 0.138 e. The molecule has 5 heteroatoms. The van der Waals surface area contributed by atoms with Crippen LogP contribution in [0, 0.1) is 0 Å².